The summed E-state index contributed by atoms with van der Waals surface area (Å²) in [4.78, 5) is 0. The Morgan fingerprint density at radius 1 is 0.500 bits per heavy atom. The Kier molecular flexibility index (Phi) is 7.79. The van der Waals surface area contributed by atoms with Crippen molar-refractivity contribution >= 4 is 48.5 Å². The van der Waals surface area contributed by atoms with E-state index in [9.17, 15) is 0 Å². The number of hydrogen-bond donors (Lipinski definition) is 4. The zero-order chi connectivity index (χ0) is 12.0. The van der Waals surface area contributed by atoms with Crippen LogP contribution in [-0.2, 0) is 0 Å². The molecule has 0 bridgehead atoms. The Morgan fingerprint density at radius 2 is 0.688 bits per heavy atom. The summed E-state index contributed by atoms with van der Waals surface area (Å²) in [5, 5.41) is 36.2. The quantitative estimate of drug-likeness (QED) is 0.493. The molecule has 0 unspecified atom stereocenters. The molecule has 0 aromatic carbocycles. The van der Waals surface area contributed by atoms with Crippen LogP contribution in [0.25, 0.3) is 0 Å². The lowest BCUT2D eigenvalue weighted by Gasteiger charge is -2.34. The van der Waals surface area contributed by atoms with Crippen LogP contribution in [0.1, 0.15) is 0 Å². The first-order valence-corrected chi connectivity index (χ1v) is 6.91. The molecule has 0 amide bonds. The lowest BCUT2D eigenvalue weighted by atomic mass is 11.4. The minimum atomic E-state index is -0.247. The van der Waals surface area contributed by atoms with E-state index in [-0.39, 0.29) is 26.9 Å². The Hall–Kier alpha value is 1.08. The van der Waals surface area contributed by atoms with Gasteiger partial charge >= 0.3 is 0 Å². The van der Waals surface area contributed by atoms with Crippen molar-refractivity contribution in [3.8, 4) is 0 Å². The van der Waals surface area contributed by atoms with Crippen LogP contribution in [0.3, 0.4) is 0 Å². The van der Waals surface area contributed by atoms with Crippen LogP contribution in [0.2, 0.25) is 0 Å². The van der Waals surface area contributed by atoms with Gasteiger partial charge in [-0.05, 0) is 0 Å². The van der Waals surface area contributed by atoms with Crippen LogP contribution in [0.4, 0.5) is 0 Å². The molecule has 1 heterocycles. The Labute approximate surface area is 111 Å². The standard InChI is InChI=1S/C4H12N4O4S4/c9-1-5-13-6(2-10)15-8(4-12)16-7(3-11)14-5/h9-12H,1-4H2. The SMILES string of the molecule is OCN1SN(CO)SN(CO)SN(CO)S1. The summed E-state index contributed by atoms with van der Waals surface area (Å²) in [6.07, 6.45) is 0. The zero-order valence-electron chi connectivity index (χ0n) is 8.04. The van der Waals surface area contributed by atoms with Gasteiger partial charge in [-0.25, -0.2) is 0 Å². The molecular weight excluding hydrogens is 296 g/mol. The zero-order valence-corrected chi connectivity index (χ0v) is 11.3. The molecule has 0 atom stereocenters. The minimum Gasteiger partial charge on any atom is -0.379 e. The highest BCUT2D eigenvalue weighted by molar-refractivity contribution is 8.24. The van der Waals surface area contributed by atoms with Crippen molar-refractivity contribution in [3.05, 3.63) is 0 Å². The Balaban J connectivity index is 2.61. The minimum absolute atomic E-state index is 0.247. The number of hydrogen-bond acceptors (Lipinski definition) is 12. The highest BCUT2D eigenvalue weighted by Crippen LogP contribution is 2.41. The molecule has 16 heavy (non-hydrogen) atoms. The van der Waals surface area contributed by atoms with Crippen LogP contribution in [0.15, 0.2) is 0 Å². The lowest BCUT2D eigenvalue weighted by molar-refractivity contribution is 0.210. The summed E-state index contributed by atoms with van der Waals surface area (Å²) in [6.45, 7) is -0.990. The van der Waals surface area contributed by atoms with E-state index in [4.69, 9.17) is 20.4 Å². The number of aliphatic hydroxyl groups is 4. The van der Waals surface area contributed by atoms with Crippen molar-refractivity contribution in [3.63, 3.8) is 0 Å². The molecule has 0 radical (unpaired) electrons. The predicted octanol–water partition coefficient (Wildman–Crippen LogP) is -0.740. The van der Waals surface area contributed by atoms with E-state index in [1.807, 2.05) is 0 Å². The van der Waals surface area contributed by atoms with Gasteiger partial charge in [-0.3, -0.25) is 0 Å². The molecule has 0 aromatic heterocycles. The van der Waals surface area contributed by atoms with Crippen LogP contribution >= 0.6 is 48.5 Å². The van der Waals surface area contributed by atoms with Gasteiger partial charge < -0.3 is 20.4 Å². The molecule has 1 aliphatic heterocycles. The van der Waals surface area contributed by atoms with Crippen LogP contribution in [-0.4, -0.2) is 62.2 Å². The average molecular weight is 308 g/mol. The van der Waals surface area contributed by atoms with Crippen molar-refractivity contribution in [2.24, 2.45) is 0 Å². The van der Waals surface area contributed by atoms with E-state index >= 15 is 0 Å². The van der Waals surface area contributed by atoms with Gasteiger partial charge in [-0.1, -0.05) is 0 Å². The largest absolute Gasteiger partial charge is 0.379 e. The molecule has 0 saturated carbocycles. The maximum absolute atomic E-state index is 9.04. The second-order valence-electron chi connectivity index (χ2n) is 2.22. The monoisotopic (exact) mass is 308 g/mol. The molecule has 4 N–H and O–H groups in total. The second-order valence-corrected chi connectivity index (χ2v) is 7.33. The number of nitrogens with zero attached hydrogens (tertiary/aromatic N) is 4. The maximum Gasteiger partial charge on any atom is 0.118 e. The molecule has 1 saturated heterocycles. The molecule has 12 heteroatoms. The normalized spacial score (nSPS) is 23.2. The van der Waals surface area contributed by atoms with E-state index in [1.54, 1.807) is 0 Å². The molecule has 1 fully saturated rings. The van der Waals surface area contributed by atoms with Crippen molar-refractivity contribution in [1.29, 1.82) is 0 Å². The van der Waals surface area contributed by atoms with E-state index < -0.39 is 0 Å². The number of aliphatic hydroxyl groups excluding tert-OH is 4. The summed E-state index contributed by atoms with van der Waals surface area (Å²) >= 11 is 4.31. The molecular formula is C4H12N4O4S4. The second kappa shape index (κ2) is 8.23. The van der Waals surface area contributed by atoms with Crippen LogP contribution in [0, 0.1) is 0 Å². The molecule has 1 aliphatic rings. The fourth-order valence-electron chi connectivity index (χ4n) is 0.672. The molecule has 96 valence electrons. The maximum atomic E-state index is 9.04. The van der Waals surface area contributed by atoms with Gasteiger partial charge in [0, 0.05) is 48.5 Å². The van der Waals surface area contributed by atoms with Gasteiger partial charge in [-0.2, -0.15) is 0 Å². The highest BCUT2D eigenvalue weighted by Gasteiger charge is 2.26. The van der Waals surface area contributed by atoms with Gasteiger partial charge in [-0.15, -0.1) is 14.8 Å². The average Bonchev–Trinajstić information content (AvgIpc) is 2.29. The number of rotatable bonds is 4. The smallest absolute Gasteiger partial charge is 0.118 e. The van der Waals surface area contributed by atoms with Gasteiger partial charge in [0.1, 0.15) is 26.9 Å². The topological polar surface area (TPSA) is 93.9 Å². The first-order chi connectivity index (χ1) is 7.73. The molecule has 0 spiro atoms. The summed E-state index contributed by atoms with van der Waals surface area (Å²) in [7, 11) is 0. The van der Waals surface area contributed by atoms with Crippen molar-refractivity contribution < 1.29 is 20.4 Å². The molecule has 0 aliphatic carbocycles. The predicted molar refractivity (Wildman–Crippen MR) is 66.1 cm³/mol. The fraction of sp³-hybridized carbons (Fsp3) is 1.00. The molecule has 0 aromatic rings. The van der Waals surface area contributed by atoms with E-state index in [0.29, 0.717) is 0 Å². The van der Waals surface area contributed by atoms with Gasteiger partial charge in [0.15, 0.2) is 0 Å². The van der Waals surface area contributed by atoms with Crippen LogP contribution in [0.5, 0.6) is 0 Å². The Bertz CT molecular complexity index is 157. The van der Waals surface area contributed by atoms with Crippen molar-refractivity contribution in [2.45, 2.75) is 0 Å². The van der Waals surface area contributed by atoms with E-state index in [1.165, 1.54) is 14.8 Å². The summed E-state index contributed by atoms with van der Waals surface area (Å²) < 4.78 is 5.84. The summed E-state index contributed by atoms with van der Waals surface area (Å²) in [5.41, 5.74) is 0. The lowest BCUT2D eigenvalue weighted by Crippen LogP contribution is -2.30. The van der Waals surface area contributed by atoms with Crippen LogP contribution < -0.4 is 0 Å². The molecule has 8 nitrogen and oxygen atoms in total. The first-order valence-electron chi connectivity index (χ1n) is 3.99. The van der Waals surface area contributed by atoms with Gasteiger partial charge in [0.25, 0.3) is 0 Å². The van der Waals surface area contributed by atoms with Crippen molar-refractivity contribution in [2.75, 3.05) is 26.9 Å². The third kappa shape index (κ3) is 4.75. The summed E-state index contributed by atoms with van der Waals surface area (Å²) in [6, 6.07) is 0. The molecule has 1 rings (SSSR count). The van der Waals surface area contributed by atoms with E-state index in [2.05, 4.69) is 0 Å². The highest BCUT2D eigenvalue weighted by atomic mass is 32.3. The third-order valence-corrected chi connectivity index (χ3v) is 5.17. The van der Waals surface area contributed by atoms with Gasteiger partial charge in [0.2, 0.25) is 0 Å². The Morgan fingerprint density at radius 3 is 0.812 bits per heavy atom. The summed E-state index contributed by atoms with van der Waals surface area (Å²) in [5.74, 6) is 0. The third-order valence-electron chi connectivity index (χ3n) is 1.19. The van der Waals surface area contributed by atoms with Gasteiger partial charge in [0.05, 0.1) is 0 Å². The van der Waals surface area contributed by atoms with Crippen molar-refractivity contribution in [1.82, 2.24) is 14.8 Å². The fourth-order valence-corrected chi connectivity index (χ4v) is 4.81. The van der Waals surface area contributed by atoms with E-state index in [0.717, 1.165) is 48.5 Å². The first kappa shape index (κ1) is 15.1.